The van der Waals surface area contributed by atoms with Crippen LogP contribution in [0.5, 0.6) is 0 Å². The smallest absolute Gasteiger partial charge is 0.243 e. The molecule has 0 aliphatic carbocycles. The van der Waals surface area contributed by atoms with Crippen molar-refractivity contribution in [3.05, 3.63) is 22.4 Å². The maximum Gasteiger partial charge on any atom is 0.243 e. The van der Waals surface area contributed by atoms with Gasteiger partial charge in [0.15, 0.2) is 0 Å². The van der Waals surface area contributed by atoms with Crippen molar-refractivity contribution in [3.8, 4) is 6.07 Å². The van der Waals surface area contributed by atoms with Crippen molar-refractivity contribution < 1.29 is 4.79 Å². The monoisotopic (exact) mass is 278 g/mol. The van der Waals surface area contributed by atoms with Crippen LogP contribution >= 0.6 is 11.3 Å². The molecule has 104 valence electrons. The molecule has 0 unspecified atom stereocenters. The summed E-state index contributed by atoms with van der Waals surface area (Å²) in [5, 5.41) is 11.4. The zero-order valence-corrected chi connectivity index (χ0v) is 13.0. The second-order valence-corrected chi connectivity index (χ2v) is 6.04. The summed E-state index contributed by atoms with van der Waals surface area (Å²) in [4.78, 5) is 15.7. The molecule has 0 saturated heterocycles. The van der Waals surface area contributed by atoms with Crippen molar-refractivity contribution in [1.82, 2.24) is 4.90 Å². The number of thiophene rings is 1. The number of amides is 1. The molecule has 1 amide bonds. The lowest BCUT2D eigenvalue weighted by Crippen LogP contribution is -2.45. The minimum atomic E-state index is -0.873. The van der Waals surface area contributed by atoms with Crippen molar-refractivity contribution in [2.45, 2.75) is 53.1 Å². The molecule has 0 atom stereocenters. The zero-order chi connectivity index (χ0) is 14.5. The predicted molar refractivity (Wildman–Crippen MR) is 78.6 cm³/mol. The summed E-state index contributed by atoms with van der Waals surface area (Å²) in [6.45, 7) is 8.41. The van der Waals surface area contributed by atoms with E-state index in [2.05, 4.69) is 6.07 Å². The first-order valence-corrected chi connectivity index (χ1v) is 7.63. The van der Waals surface area contributed by atoms with Crippen LogP contribution in [0.4, 0.5) is 0 Å². The van der Waals surface area contributed by atoms with Crippen LogP contribution in [0.3, 0.4) is 0 Å². The van der Waals surface area contributed by atoms with Crippen LogP contribution < -0.4 is 0 Å². The molecule has 1 aromatic heterocycles. The normalized spacial score (nSPS) is 11.4. The van der Waals surface area contributed by atoms with Crippen molar-refractivity contribution in [2.24, 2.45) is 5.41 Å². The molecule has 0 aromatic carbocycles. The van der Waals surface area contributed by atoms with Gasteiger partial charge in [-0.3, -0.25) is 4.79 Å². The molecule has 3 nitrogen and oxygen atoms in total. The van der Waals surface area contributed by atoms with Crippen molar-refractivity contribution in [3.63, 3.8) is 0 Å². The number of carbonyl (C=O) groups is 1. The second kappa shape index (κ2) is 6.72. The molecule has 0 bridgehead atoms. The van der Waals surface area contributed by atoms with Crippen LogP contribution in [0, 0.1) is 16.7 Å². The lowest BCUT2D eigenvalue weighted by atomic mass is 9.82. The molecule has 1 heterocycles. The van der Waals surface area contributed by atoms with Gasteiger partial charge in [-0.15, -0.1) is 11.3 Å². The fourth-order valence-electron chi connectivity index (χ4n) is 2.09. The van der Waals surface area contributed by atoms with Crippen LogP contribution in [0.25, 0.3) is 0 Å². The van der Waals surface area contributed by atoms with Gasteiger partial charge in [0.05, 0.1) is 12.6 Å². The maximum atomic E-state index is 12.7. The molecule has 0 saturated carbocycles. The Morgan fingerprint density at radius 1 is 1.47 bits per heavy atom. The van der Waals surface area contributed by atoms with Gasteiger partial charge in [0.25, 0.3) is 0 Å². The van der Waals surface area contributed by atoms with Gasteiger partial charge < -0.3 is 4.90 Å². The number of rotatable bonds is 6. The van der Waals surface area contributed by atoms with Crippen molar-refractivity contribution in [2.75, 3.05) is 0 Å². The first-order valence-electron chi connectivity index (χ1n) is 6.75. The SMILES string of the molecule is CCC(C#N)(CC)C(=O)N(Cc1cccs1)C(C)C. The summed E-state index contributed by atoms with van der Waals surface area (Å²) in [5.74, 6) is -0.0385. The van der Waals surface area contributed by atoms with Gasteiger partial charge in [-0.25, -0.2) is 0 Å². The zero-order valence-electron chi connectivity index (χ0n) is 12.1. The Morgan fingerprint density at radius 3 is 2.47 bits per heavy atom. The number of nitriles is 1. The average molecular weight is 278 g/mol. The van der Waals surface area contributed by atoms with E-state index in [1.807, 2.05) is 50.1 Å². The van der Waals surface area contributed by atoms with E-state index in [9.17, 15) is 10.1 Å². The Hall–Kier alpha value is -1.34. The summed E-state index contributed by atoms with van der Waals surface area (Å²) >= 11 is 1.64. The first kappa shape index (κ1) is 15.7. The van der Waals surface area contributed by atoms with Crippen molar-refractivity contribution in [1.29, 1.82) is 5.26 Å². The minimum Gasteiger partial charge on any atom is -0.334 e. The Morgan fingerprint density at radius 2 is 2.11 bits per heavy atom. The topological polar surface area (TPSA) is 44.1 Å². The molecule has 19 heavy (non-hydrogen) atoms. The maximum absolute atomic E-state index is 12.7. The fraction of sp³-hybridized carbons (Fsp3) is 0.600. The molecule has 0 aliphatic heterocycles. The summed E-state index contributed by atoms with van der Waals surface area (Å²) < 4.78 is 0. The Labute approximate surface area is 119 Å². The highest BCUT2D eigenvalue weighted by Gasteiger charge is 2.39. The van der Waals surface area contributed by atoms with Crippen LogP contribution in [-0.4, -0.2) is 16.8 Å². The number of nitrogens with zero attached hydrogens (tertiary/aromatic N) is 2. The molecule has 0 radical (unpaired) electrons. The van der Waals surface area contributed by atoms with Gasteiger partial charge in [-0.2, -0.15) is 5.26 Å². The summed E-state index contributed by atoms with van der Waals surface area (Å²) in [6.07, 6.45) is 1.12. The van der Waals surface area contributed by atoms with E-state index in [0.717, 1.165) is 4.88 Å². The lowest BCUT2D eigenvalue weighted by molar-refractivity contribution is -0.141. The highest BCUT2D eigenvalue weighted by Crippen LogP contribution is 2.30. The predicted octanol–water partition coefficient (Wildman–Crippen LogP) is 3.82. The highest BCUT2D eigenvalue weighted by atomic mass is 32.1. The van der Waals surface area contributed by atoms with Gasteiger partial charge >= 0.3 is 0 Å². The Kier molecular flexibility index (Phi) is 5.56. The van der Waals surface area contributed by atoms with Gasteiger partial charge in [0.1, 0.15) is 5.41 Å². The van der Waals surface area contributed by atoms with E-state index in [4.69, 9.17) is 0 Å². The van der Waals surface area contributed by atoms with E-state index in [1.54, 1.807) is 11.3 Å². The Balaban J connectivity index is 2.99. The van der Waals surface area contributed by atoms with Crippen LogP contribution in [0.1, 0.15) is 45.4 Å². The summed E-state index contributed by atoms with van der Waals surface area (Å²) in [6, 6.07) is 6.35. The molecule has 0 N–H and O–H groups in total. The number of carbonyl (C=O) groups excluding carboxylic acids is 1. The molecule has 0 aliphatic rings. The van der Waals surface area contributed by atoms with E-state index < -0.39 is 5.41 Å². The molecular weight excluding hydrogens is 256 g/mol. The molecule has 0 fully saturated rings. The third kappa shape index (κ3) is 3.36. The molecule has 0 spiro atoms. The Bertz CT molecular complexity index is 441. The van der Waals surface area contributed by atoms with Gasteiger partial charge in [-0.05, 0) is 38.1 Å². The quantitative estimate of drug-likeness (QED) is 0.794. The summed E-state index contributed by atoms with van der Waals surface area (Å²) in [7, 11) is 0. The third-order valence-corrected chi connectivity index (χ3v) is 4.48. The van der Waals surface area contributed by atoms with E-state index >= 15 is 0 Å². The standard InChI is InChI=1S/C15H22N2OS/c1-5-15(6-2,11-16)14(18)17(12(3)4)10-13-8-7-9-19-13/h7-9,12H,5-6,10H2,1-4H3. The van der Waals surface area contributed by atoms with Crippen LogP contribution in [-0.2, 0) is 11.3 Å². The highest BCUT2D eigenvalue weighted by molar-refractivity contribution is 7.09. The van der Waals surface area contributed by atoms with Gasteiger partial charge in [0, 0.05) is 10.9 Å². The fourth-order valence-corrected chi connectivity index (χ4v) is 2.80. The lowest BCUT2D eigenvalue weighted by Gasteiger charge is -2.33. The average Bonchev–Trinajstić information content (AvgIpc) is 2.91. The molecular formula is C15H22N2OS. The number of hydrogen-bond donors (Lipinski definition) is 0. The number of hydrogen-bond acceptors (Lipinski definition) is 3. The molecule has 1 rings (SSSR count). The van der Waals surface area contributed by atoms with Gasteiger partial charge in [0.2, 0.25) is 5.91 Å². The van der Waals surface area contributed by atoms with Gasteiger partial charge in [-0.1, -0.05) is 19.9 Å². The largest absolute Gasteiger partial charge is 0.334 e. The summed E-state index contributed by atoms with van der Waals surface area (Å²) in [5.41, 5.74) is -0.873. The van der Waals surface area contributed by atoms with Crippen LogP contribution in [0.2, 0.25) is 0 Å². The van der Waals surface area contributed by atoms with E-state index in [-0.39, 0.29) is 11.9 Å². The second-order valence-electron chi connectivity index (χ2n) is 5.01. The molecule has 4 heteroatoms. The van der Waals surface area contributed by atoms with E-state index in [1.165, 1.54) is 0 Å². The first-order chi connectivity index (χ1) is 9.00. The van der Waals surface area contributed by atoms with Crippen LogP contribution in [0.15, 0.2) is 17.5 Å². The van der Waals surface area contributed by atoms with E-state index in [0.29, 0.717) is 19.4 Å². The molecule has 1 aromatic rings. The minimum absolute atomic E-state index is 0.0385. The van der Waals surface area contributed by atoms with Crippen molar-refractivity contribution >= 4 is 17.2 Å². The third-order valence-electron chi connectivity index (χ3n) is 3.62.